The van der Waals surface area contributed by atoms with Crippen LogP contribution in [-0.4, -0.2) is 52.2 Å². The van der Waals surface area contributed by atoms with E-state index in [4.69, 9.17) is 9.72 Å². The Bertz CT molecular complexity index is 1350. The molecule has 5 rings (SSSR count). The van der Waals surface area contributed by atoms with Crippen LogP contribution in [0, 0.1) is 5.92 Å². The van der Waals surface area contributed by atoms with Gasteiger partial charge in [0.05, 0.1) is 34.9 Å². The number of H-pyrrole nitrogens is 1. The normalized spacial score (nSPS) is 19.6. The van der Waals surface area contributed by atoms with E-state index in [0.717, 1.165) is 35.3 Å². The summed E-state index contributed by atoms with van der Waals surface area (Å²) in [7, 11) is -2.05. The number of methoxy groups -OCH3 is 1. The lowest BCUT2D eigenvalue weighted by Gasteiger charge is -2.21. The summed E-state index contributed by atoms with van der Waals surface area (Å²) in [6, 6.07) is 12.7. The largest absolute Gasteiger partial charge is 0.497 e. The molecular weight excluding hydrogens is 426 g/mol. The van der Waals surface area contributed by atoms with Gasteiger partial charge >= 0.3 is 0 Å². The molecule has 1 aliphatic rings. The van der Waals surface area contributed by atoms with Crippen LogP contribution in [0.2, 0.25) is 0 Å². The first-order valence-electron chi connectivity index (χ1n) is 10.6. The lowest BCUT2D eigenvalue weighted by atomic mass is 10.1. The highest BCUT2D eigenvalue weighted by Gasteiger charge is 2.38. The zero-order valence-electron chi connectivity index (χ0n) is 18.0. The summed E-state index contributed by atoms with van der Waals surface area (Å²) < 4.78 is 35.5. The van der Waals surface area contributed by atoms with Gasteiger partial charge in [-0.3, -0.25) is 5.10 Å². The summed E-state index contributed by atoms with van der Waals surface area (Å²) in [6.07, 6.45) is 6.41. The van der Waals surface area contributed by atoms with Gasteiger partial charge in [-0.05, 0) is 49.6 Å². The van der Waals surface area contributed by atoms with E-state index in [9.17, 15) is 8.42 Å². The van der Waals surface area contributed by atoms with Gasteiger partial charge < -0.3 is 9.30 Å². The predicted molar refractivity (Wildman–Crippen MR) is 122 cm³/mol. The highest BCUT2D eigenvalue weighted by molar-refractivity contribution is 7.89. The Balaban J connectivity index is 1.35. The monoisotopic (exact) mass is 451 g/mol. The minimum atomic E-state index is -3.58. The first-order valence-corrected chi connectivity index (χ1v) is 12.0. The Hall–Kier alpha value is -3.17. The molecule has 0 aliphatic carbocycles. The first kappa shape index (κ1) is 20.7. The van der Waals surface area contributed by atoms with Crippen LogP contribution in [0.3, 0.4) is 0 Å². The SMILES string of the molecule is COc1cccc(S(=O)(=O)N2C[C@@H](Cn3ccc4nc(-c5cn[nH]c5)ccc43)C[C@H]2C)c1. The van der Waals surface area contributed by atoms with Crippen LogP contribution in [0.5, 0.6) is 5.75 Å². The number of aromatic nitrogens is 4. The van der Waals surface area contributed by atoms with E-state index in [1.165, 1.54) is 7.11 Å². The van der Waals surface area contributed by atoms with Crippen LogP contribution in [0.1, 0.15) is 13.3 Å². The van der Waals surface area contributed by atoms with Crippen molar-refractivity contribution in [1.29, 1.82) is 0 Å². The van der Waals surface area contributed by atoms with Crippen LogP contribution in [0.15, 0.2) is 66.0 Å². The van der Waals surface area contributed by atoms with Gasteiger partial charge in [0.1, 0.15) is 5.75 Å². The molecule has 0 spiro atoms. The van der Waals surface area contributed by atoms with Crippen LogP contribution < -0.4 is 4.74 Å². The molecule has 1 aromatic carbocycles. The van der Waals surface area contributed by atoms with Crippen molar-refractivity contribution >= 4 is 21.1 Å². The number of sulfonamides is 1. The van der Waals surface area contributed by atoms with Crippen molar-refractivity contribution in [3.05, 3.63) is 61.1 Å². The Morgan fingerprint density at radius 1 is 1.22 bits per heavy atom. The number of hydrogen-bond donors (Lipinski definition) is 1. The lowest BCUT2D eigenvalue weighted by Crippen LogP contribution is -2.34. The van der Waals surface area contributed by atoms with E-state index in [0.29, 0.717) is 12.3 Å². The minimum absolute atomic E-state index is 0.0659. The Morgan fingerprint density at radius 2 is 2.09 bits per heavy atom. The zero-order valence-corrected chi connectivity index (χ0v) is 18.8. The molecule has 3 aromatic heterocycles. The topological polar surface area (TPSA) is 93.1 Å². The fourth-order valence-corrected chi connectivity index (χ4v) is 6.29. The molecule has 0 saturated carbocycles. The Morgan fingerprint density at radius 3 is 2.88 bits per heavy atom. The highest BCUT2D eigenvalue weighted by atomic mass is 32.2. The predicted octanol–water partition coefficient (Wildman–Crippen LogP) is 3.53. The van der Waals surface area contributed by atoms with Crippen molar-refractivity contribution in [2.24, 2.45) is 5.92 Å². The van der Waals surface area contributed by atoms with Gasteiger partial charge in [0.25, 0.3) is 0 Å². The fraction of sp³-hybridized carbons (Fsp3) is 0.304. The molecule has 1 N–H and O–H groups in total. The van der Waals surface area contributed by atoms with E-state index >= 15 is 0 Å². The molecule has 166 valence electrons. The number of rotatable bonds is 6. The minimum Gasteiger partial charge on any atom is -0.497 e. The average Bonchev–Trinajstić information content (AvgIpc) is 3.54. The Labute approximate surface area is 186 Å². The summed E-state index contributed by atoms with van der Waals surface area (Å²) in [4.78, 5) is 5.01. The van der Waals surface area contributed by atoms with Gasteiger partial charge in [-0.2, -0.15) is 9.40 Å². The summed E-state index contributed by atoms with van der Waals surface area (Å²) in [5.74, 6) is 0.755. The number of aromatic amines is 1. The van der Waals surface area contributed by atoms with Crippen LogP contribution >= 0.6 is 0 Å². The number of fused-ring (bicyclic) bond motifs is 1. The smallest absolute Gasteiger partial charge is 0.243 e. The third kappa shape index (κ3) is 3.67. The van der Waals surface area contributed by atoms with Gasteiger partial charge in [0.2, 0.25) is 10.0 Å². The quantitative estimate of drug-likeness (QED) is 0.484. The summed E-state index contributed by atoms with van der Waals surface area (Å²) in [5.41, 5.74) is 3.77. The molecule has 32 heavy (non-hydrogen) atoms. The molecule has 1 saturated heterocycles. The number of ether oxygens (including phenoxy) is 1. The molecular formula is C23H25N5O3S. The van der Waals surface area contributed by atoms with Crippen molar-refractivity contribution in [1.82, 2.24) is 24.1 Å². The first-order chi connectivity index (χ1) is 15.5. The second-order valence-electron chi connectivity index (χ2n) is 8.26. The second-order valence-corrected chi connectivity index (χ2v) is 10.2. The number of pyridine rings is 1. The summed E-state index contributed by atoms with van der Waals surface area (Å²) >= 11 is 0. The van der Waals surface area contributed by atoms with E-state index in [2.05, 4.69) is 20.8 Å². The summed E-state index contributed by atoms with van der Waals surface area (Å²) in [6.45, 7) is 3.20. The van der Waals surface area contributed by atoms with Crippen LogP contribution in [0.4, 0.5) is 0 Å². The van der Waals surface area contributed by atoms with Gasteiger partial charge in [0, 0.05) is 43.2 Å². The highest BCUT2D eigenvalue weighted by Crippen LogP contribution is 2.32. The van der Waals surface area contributed by atoms with Gasteiger partial charge in [-0.1, -0.05) is 6.07 Å². The molecule has 4 heterocycles. The zero-order chi connectivity index (χ0) is 22.3. The van der Waals surface area contributed by atoms with Crippen molar-refractivity contribution in [3.63, 3.8) is 0 Å². The van der Waals surface area contributed by atoms with E-state index in [1.54, 1.807) is 34.8 Å². The molecule has 8 nitrogen and oxygen atoms in total. The molecule has 0 unspecified atom stereocenters. The maximum absolute atomic E-state index is 13.3. The molecule has 1 fully saturated rings. The molecule has 0 amide bonds. The standard InChI is InChI=1S/C23H25N5O3S/c1-16-10-17(15-28(16)32(29,30)20-5-3-4-19(11-20)31-2)14-27-9-8-22-23(27)7-6-21(26-22)18-12-24-25-13-18/h3-9,11-13,16-17H,10,14-15H2,1-2H3,(H,24,25)/t16-,17-/m1/s1. The molecule has 4 aromatic rings. The number of nitrogens with one attached hydrogen (secondary N) is 1. The third-order valence-corrected chi connectivity index (χ3v) is 8.10. The lowest BCUT2D eigenvalue weighted by molar-refractivity contribution is 0.397. The second kappa shape index (κ2) is 8.07. The maximum Gasteiger partial charge on any atom is 0.243 e. The molecule has 2 atom stereocenters. The number of hydrogen-bond acceptors (Lipinski definition) is 5. The number of benzene rings is 1. The Kier molecular flexibility index (Phi) is 5.22. The van der Waals surface area contributed by atoms with E-state index < -0.39 is 10.0 Å². The van der Waals surface area contributed by atoms with Gasteiger partial charge in [-0.15, -0.1) is 0 Å². The molecule has 0 radical (unpaired) electrons. The van der Waals surface area contributed by atoms with Crippen molar-refractivity contribution in [3.8, 4) is 17.0 Å². The molecule has 1 aliphatic heterocycles. The average molecular weight is 452 g/mol. The third-order valence-electron chi connectivity index (χ3n) is 6.13. The van der Waals surface area contributed by atoms with E-state index in [1.807, 2.05) is 31.5 Å². The maximum atomic E-state index is 13.3. The van der Waals surface area contributed by atoms with Crippen LogP contribution in [0.25, 0.3) is 22.3 Å². The van der Waals surface area contributed by atoms with Crippen molar-refractivity contribution in [2.75, 3.05) is 13.7 Å². The molecule has 0 bridgehead atoms. The summed E-state index contributed by atoms with van der Waals surface area (Å²) in [5, 5.41) is 6.80. The van der Waals surface area contributed by atoms with Crippen molar-refractivity contribution < 1.29 is 13.2 Å². The fourth-order valence-electron chi connectivity index (χ4n) is 4.54. The van der Waals surface area contributed by atoms with E-state index in [-0.39, 0.29) is 16.9 Å². The van der Waals surface area contributed by atoms with Crippen LogP contribution in [-0.2, 0) is 16.6 Å². The van der Waals surface area contributed by atoms with Gasteiger partial charge in [0.15, 0.2) is 0 Å². The van der Waals surface area contributed by atoms with Crippen molar-refractivity contribution in [2.45, 2.75) is 30.8 Å². The van der Waals surface area contributed by atoms with Gasteiger partial charge in [-0.25, -0.2) is 13.4 Å². The number of nitrogens with zero attached hydrogens (tertiary/aromatic N) is 4. The molecule has 9 heteroatoms.